The molecule has 2 atom stereocenters. The molecule has 0 amide bonds. The predicted octanol–water partition coefficient (Wildman–Crippen LogP) is 5.37. The van der Waals surface area contributed by atoms with E-state index in [4.69, 9.17) is 4.74 Å². The van der Waals surface area contributed by atoms with Crippen LogP contribution < -0.4 is 0 Å². The molecule has 0 saturated carbocycles. The van der Waals surface area contributed by atoms with E-state index in [1.807, 2.05) is 0 Å². The van der Waals surface area contributed by atoms with Crippen molar-refractivity contribution in [2.45, 2.75) is 45.1 Å². The van der Waals surface area contributed by atoms with Crippen LogP contribution in [0.25, 0.3) is 0 Å². The van der Waals surface area contributed by atoms with Crippen molar-refractivity contribution < 1.29 is 4.74 Å². The van der Waals surface area contributed by atoms with Crippen LogP contribution >= 0.6 is 0 Å². The van der Waals surface area contributed by atoms with Crippen LogP contribution in [0.15, 0.2) is 65.7 Å². The molecule has 0 saturated heterocycles. The summed E-state index contributed by atoms with van der Waals surface area (Å²) in [4.78, 5) is 7.03. The fourth-order valence-corrected chi connectivity index (χ4v) is 3.85. The number of rotatable bonds is 10. The van der Waals surface area contributed by atoms with Gasteiger partial charge in [0.05, 0.1) is 6.04 Å². The number of hydrogen-bond acceptors (Lipinski definition) is 3. The molecule has 1 aliphatic rings. The zero-order valence-corrected chi connectivity index (χ0v) is 17.6. The highest BCUT2D eigenvalue weighted by Gasteiger charge is 2.18. The molecule has 0 aromatic heterocycles. The minimum Gasteiger partial charge on any atom is -0.479 e. The van der Waals surface area contributed by atoms with Crippen LogP contribution in [0, 0.1) is 5.92 Å². The van der Waals surface area contributed by atoms with E-state index in [1.54, 1.807) is 0 Å². The molecule has 150 valence electrons. The van der Waals surface area contributed by atoms with Crippen LogP contribution in [0.2, 0.25) is 0 Å². The summed E-state index contributed by atoms with van der Waals surface area (Å²) in [6.07, 6.45) is 3.27. The third kappa shape index (κ3) is 6.20. The Labute approximate surface area is 170 Å². The number of aliphatic imine (C=N–C) groups is 1. The summed E-state index contributed by atoms with van der Waals surface area (Å²) in [5.74, 6) is 2.01. The fraction of sp³-hybridized carbons (Fsp3) is 0.480. The molecule has 3 nitrogen and oxygen atoms in total. The van der Waals surface area contributed by atoms with Gasteiger partial charge in [-0.15, -0.1) is 0 Å². The summed E-state index contributed by atoms with van der Waals surface area (Å²) >= 11 is 0. The zero-order chi connectivity index (χ0) is 19.8. The number of nitrogens with zero attached hydrogens (tertiary/aromatic N) is 2. The number of benzene rings is 2. The summed E-state index contributed by atoms with van der Waals surface area (Å²) in [5, 5.41) is 0. The molecule has 0 aliphatic carbocycles. The van der Waals surface area contributed by atoms with Gasteiger partial charge in [0.15, 0.2) is 5.90 Å². The smallest absolute Gasteiger partial charge is 0.183 e. The highest BCUT2D eigenvalue weighted by Crippen LogP contribution is 2.28. The lowest BCUT2D eigenvalue weighted by Crippen LogP contribution is -2.24. The summed E-state index contributed by atoms with van der Waals surface area (Å²) in [6, 6.07) is 22.1. The fourth-order valence-electron chi connectivity index (χ4n) is 3.85. The molecule has 28 heavy (non-hydrogen) atoms. The molecule has 0 fully saturated rings. The minimum atomic E-state index is 0.331. The van der Waals surface area contributed by atoms with Gasteiger partial charge < -0.3 is 9.64 Å². The number of ether oxygens (including phenoxy) is 1. The molecular formula is C25H34N2O. The lowest BCUT2D eigenvalue weighted by Gasteiger charge is -2.23. The van der Waals surface area contributed by atoms with Crippen LogP contribution in [0.1, 0.15) is 50.2 Å². The molecule has 2 aromatic rings. The SMILES string of the molecule is CC(CCN(C)CCC(c1ccccc1)c1ccccc1)CC1=NC(C)CO1. The van der Waals surface area contributed by atoms with Gasteiger partial charge in [0.25, 0.3) is 0 Å². The first kappa shape index (κ1) is 20.6. The van der Waals surface area contributed by atoms with Crippen molar-refractivity contribution in [1.29, 1.82) is 0 Å². The Bertz CT molecular complexity index is 689. The standard InChI is InChI=1S/C25H34N2O/c1-20(18-25-26-21(2)19-28-25)14-16-27(3)17-15-24(22-10-6-4-7-11-22)23-12-8-5-9-13-23/h4-13,20-21,24H,14-19H2,1-3H3. The van der Waals surface area contributed by atoms with Crippen molar-refractivity contribution in [1.82, 2.24) is 4.90 Å². The lowest BCUT2D eigenvalue weighted by molar-refractivity contribution is 0.285. The van der Waals surface area contributed by atoms with Crippen molar-refractivity contribution in [3.8, 4) is 0 Å². The average molecular weight is 379 g/mol. The van der Waals surface area contributed by atoms with Crippen LogP contribution in [0.4, 0.5) is 0 Å². The van der Waals surface area contributed by atoms with Crippen molar-refractivity contribution in [2.24, 2.45) is 10.9 Å². The number of hydrogen-bond donors (Lipinski definition) is 0. The largest absolute Gasteiger partial charge is 0.479 e. The summed E-state index contributed by atoms with van der Waals surface area (Å²) in [5.41, 5.74) is 2.81. The third-order valence-electron chi connectivity index (χ3n) is 5.59. The second-order valence-corrected chi connectivity index (χ2v) is 8.25. The molecule has 2 aromatic carbocycles. The molecule has 1 aliphatic heterocycles. The Kier molecular flexibility index (Phi) is 7.67. The molecule has 3 heteroatoms. The first-order valence-corrected chi connectivity index (χ1v) is 10.6. The topological polar surface area (TPSA) is 24.8 Å². The Morgan fingerprint density at radius 1 is 0.964 bits per heavy atom. The molecule has 3 rings (SSSR count). The molecule has 0 radical (unpaired) electrons. The van der Waals surface area contributed by atoms with Gasteiger partial charge in [-0.05, 0) is 56.9 Å². The third-order valence-corrected chi connectivity index (χ3v) is 5.59. The maximum absolute atomic E-state index is 5.66. The van der Waals surface area contributed by atoms with Crippen molar-refractivity contribution >= 4 is 5.90 Å². The Balaban J connectivity index is 1.49. The average Bonchev–Trinajstić information content (AvgIpc) is 3.13. The monoisotopic (exact) mass is 378 g/mol. The van der Waals surface area contributed by atoms with Gasteiger partial charge in [-0.2, -0.15) is 0 Å². The normalized spacial score (nSPS) is 17.6. The van der Waals surface area contributed by atoms with E-state index in [0.717, 1.165) is 38.4 Å². The molecule has 2 unspecified atom stereocenters. The van der Waals surface area contributed by atoms with E-state index in [2.05, 4.69) is 91.5 Å². The first-order chi connectivity index (χ1) is 13.6. The van der Waals surface area contributed by atoms with E-state index >= 15 is 0 Å². The quantitative estimate of drug-likeness (QED) is 0.555. The Morgan fingerprint density at radius 3 is 2.07 bits per heavy atom. The molecule has 0 bridgehead atoms. The first-order valence-electron chi connectivity index (χ1n) is 10.6. The van der Waals surface area contributed by atoms with Gasteiger partial charge in [0.2, 0.25) is 0 Å². The Hall–Kier alpha value is -2.13. The maximum Gasteiger partial charge on any atom is 0.183 e. The second kappa shape index (κ2) is 10.4. The van der Waals surface area contributed by atoms with Crippen molar-refractivity contribution in [3.63, 3.8) is 0 Å². The summed E-state index contributed by atoms with van der Waals surface area (Å²) in [6.45, 7) is 7.37. The van der Waals surface area contributed by atoms with E-state index in [1.165, 1.54) is 17.5 Å². The van der Waals surface area contributed by atoms with E-state index in [9.17, 15) is 0 Å². The van der Waals surface area contributed by atoms with Gasteiger partial charge >= 0.3 is 0 Å². The summed E-state index contributed by atoms with van der Waals surface area (Å²) < 4.78 is 5.66. The van der Waals surface area contributed by atoms with Crippen LogP contribution in [0.5, 0.6) is 0 Å². The van der Waals surface area contributed by atoms with E-state index < -0.39 is 0 Å². The van der Waals surface area contributed by atoms with Gasteiger partial charge in [-0.25, -0.2) is 4.99 Å². The van der Waals surface area contributed by atoms with Crippen molar-refractivity contribution in [2.75, 3.05) is 26.7 Å². The second-order valence-electron chi connectivity index (χ2n) is 8.25. The van der Waals surface area contributed by atoms with Crippen LogP contribution in [-0.4, -0.2) is 43.6 Å². The van der Waals surface area contributed by atoms with Gasteiger partial charge in [0, 0.05) is 12.3 Å². The highest BCUT2D eigenvalue weighted by molar-refractivity contribution is 5.77. The van der Waals surface area contributed by atoms with Gasteiger partial charge in [0.1, 0.15) is 6.61 Å². The highest BCUT2D eigenvalue weighted by atomic mass is 16.5. The van der Waals surface area contributed by atoms with E-state index in [-0.39, 0.29) is 0 Å². The molecule has 0 N–H and O–H groups in total. The molecule has 1 heterocycles. The molecule has 0 spiro atoms. The predicted molar refractivity (Wildman–Crippen MR) is 118 cm³/mol. The summed E-state index contributed by atoms with van der Waals surface area (Å²) in [7, 11) is 2.24. The van der Waals surface area contributed by atoms with Crippen molar-refractivity contribution in [3.05, 3.63) is 71.8 Å². The Morgan fingerprint density at radius 2 is 1.54 bits per heavy atom. The van der Waals surface area contributed by atoms with Gasteiger partial charge in [-0.1, -0.05) is 67.6 Å². The zero-order valence-electron chi connectivity index (χ0n) is 17.6. The van der Waals surface area contributed by atoms with Crippen LogP contribution in [-0.2, 0) is 4.74 Å². The van der Waals surface area contributed by atoms with E-state index in [0.29, 0.717) is 17.9 Å². The van der Waals surface area contributed by atoms with Gasteiger partial charge in [-0.3, -0.25) is 0 Å². The minimum absolute atomic E-state index is 0.331. The van der Waals surface area contributed by atoms with Crippen LogP contribution in [0.3, 0.4) is 0 Å². The molecular weight excluding hydrogens is 344 g/mol. The maximum atomic E-state index is 5.66. The lowest BCUT2D eigenvalue weighted by atomic mass is 9.88.